The van der Waals surface area contributed by atoms with Crippen LogP contribution in [0.5, 0.6) is 0 Å². The number of carboxylic acid groups (broad SMARTS) is 1. The molecule has 0 radical (unpaired) electrons. The minimum Gasteiger partial charge on any atom is -0.481 e. The minimum absolute atomic E-state index is 0.174. The molecule has 2 aliphatic heterocycles. The van der Waals surface area contributed by atoms with E-state index < -0.39 is 5.97 Å². The third-order valence-electron chi connectivity index (χ3n) is 4.38. The van der Waals surface area contributed by atoms with E-state index in [9.17, 15) is 4.79 Å². The Morgan fingerprint density at radius 2 is 2.24 bits per heavy atom. The van der Waals surface area contributed by atoms with Crippen molar-refractivity contribution < 1.29 is 14.6 Å². The van der Waals surface area contributed by atoms with E-state index in [1.807, 2.05) is 0 Å². The molecule has 2 fully saturated rings. The molecule has 0 aromatic rings. The summed E-state index contributed by atoms with van der Waals surface area (Å²) in [5.41, 5.74) is 0. The highest BCUT2D eigenvalue weighted by molar-refractivity contribution is 5.71. The lowest BCUT2D eigenvalue weighted by Crippen LogP contribution is -2.45. The number of rotatable bonds is 3. The average Bonchev–Trinajstić information content (AvgIpc) is 2.71. The Morgan fingerprint density at radius 3 is 2.82 bits per heavy atom. The Hall–Kier alpha value is -0.610. The van der Waals surface area contributed by atoms with Gasteiger partial charge in [-0.15, -0.1) is 0 Å². The summed E-state index contributed by atoms with van der Waals surface area (Å²) in [6.45, 7) is 5.96. The predicted octanol–water partition coefficient (Wildman–Crippen LogP) is 1.74. The largest absolute Gasteiger partial charge is 0.481 e. The van der Waals surface area contributed by atoms with Gasteiger partial charge in [-0.3, -0.25) is 9.69 Å². The fraction of sp³-hybridized carbons (Fsp3) is 0.923. The van der Waals surface area contributed by atoms with Crippen LogP contribution in [0.25, 0.3) is 0 Å². The van der Waals surface area contributed by atoms with Gasteiger partial charge in [0, 0.05) is 18.7 Å². The van der Waals surface area contributed by atoms with E-state index in [0.717, 1.165) is 38.8 Å². The molecular formula is C13H23NO3. The maximum atomic E-state index is 11.1. The van der Waals surface area contributed by atoms with E-state index >= 15 is 0 Å². The van der Waals surface area contributed by atoms with E-state index in [4.69, 9.17) is 9.84 Å². The molecule has 2 saturated heterocycles. The van der Waals surface area contributed by atoms with Crippen molar-refractivity contribution in [2.45, 2.75) is 57.7 Å². The van der Waals surface area contributed by atoms with Crippen LogP contribution in [-0.2, 0) is 9.53 Å². The van der Waals surface area contributed by atoms with Gasteiger partial charge in [0.05, 0.1) is 12.0 Å². The Labute approximate surface area is 103 Å². The van der Waals surface area contributed by atoms with Crippen molar-refractivity contribution in [3.05, 3.63) is 0 Å². The van der Waals surface area contributed by atoms with Crippen molar-refractivity contribution >= 4 is 5.97 Å². The molecule has 2 rings (SSSR count). The SMILES string of the molecule is CCC1CC(N2CCC(C(=O)O)C2C)CCO1. The van der Waals surface area contributed by atoms with E-state index in [-0.39, 0.29) is 12.0 Å². The molecule has 0 aromatic carbocycles. The zero-order valence-electron chi connectivity index (χ0n) is 10.8. The highest BCUT2D eigenvalue weighted by Gasteiger charge is 2.40. The number of carboxylic acids is 1. The smallest absolute Gasteiger partial charge is 0.308 e. The van der Waals surface area contributed by atoms with Crippen LogP contribution in [0.4, 0.5) is 0 Å². The summed E-state index contributed by atoms with van der Waals surface area (Å²) in [5, 5.41) is 9.15. The molecule has 0 bridgehead atoms. The first-order valence-electron chi connectivity index (χ1n) is 6.73. The molecule has 4 nitrogen and oxygen atoms in total. The number of likely N-dealkylation sites (tertiary alicyclic amines) is 1. The van der Waals surface area contributed by atoms with Crippen LogP contribution in [0.2, 0.25) is 0 Å². The predicted molar refractivity (Wildman–Crippen MR) is 65.0 cm³/mol. The summed E-state index contributed by atoms with van der Waals surface area (Å²) in [5.74, 6) is -0.822. The van der Waals surface area contributed by atoms with Crippen LogP contribution in [0.3, 0.4) is 0 Å². The zero-order valence-corrected chi connectivity index (χ0v) is 10.8. The van der Waals surface area contributed by atoms with E-state index in [1.54, 1.807) is 0 Å². The van der Waals surface area contributed by atoms with Crippen LogP contribution in [0, 0.1) is 5.92 Å². The number of hydrogen-bond acceptors (Lipinski definition) is 3. The second kappa shape index (κ2) is 5.36. The van der Waals surface area contributed by atoms with E-state index in [1.165, 1.54) is 0 Å². The summed E-state index contributed by atoms with van der Waals surface area (Å²) in [4.78, 5) is 13.5. The van der Waals surface area contributed by atoms with Crippen molar-refractivity contribution in [3.8, 4) is 0 Å². The molecule has 0 spiro atoms. The molecule has 17 heavy (non-hydrogen) atoms. The van der Waals surface area contributed by atoms with Crippen molar-refractivity contribution in [3.63, 3.8) is 0 Å². The Bertz CT molecular complexity index is 282. The second-order valence-electron chi connectivity index (χ2n) is 5.29. The van der Waals surface area contributed by atoms with Crippen molar-refractivity contribution in [2.24, 2.45) is 5.92 Å². The fourth-order valence-corrected chi connectivity index (χ4v) is 3.25. The molecule has 2 aliphatic rings. The third-order valence-corrected chi connectivity index (χ3v) is 4.38. The standard InChI is InChI=1S/C13H23NO3/c1-3-11-8-10(5-7-17-11)14-6-4-12(9(14)2)13(15)16/h9-12H,3-8H2,1-2H3,(H,15,16). The van der Waals surface area contributed by atoms with Gasteiger partial charge in [-0.2, -0.15) is 0 Å². The molecule has 2 heterocycles. The van der Waals surface area contributed by atoms with Crippen LogP contribution >= 0.6 is 0 Å². The van der Waals surface area contributed by atoms with Gasteiger partial charge < -0.3 is 9.84 Å². The van der Waals surface area contributed by atoms with Crippen LogP contribution in [-0.4, -0.2) is 47.3 Å². The average molecular weight is 241 g/mol. The number of ether oxygens (including phenoxy) is 1. The minimum atomic E-state index is -0.640. The lowest BCUT2D eigenvalue weighted by molar-refractivity contribution is -0.142. The highest BCUT2D eigenvalue weighted by Crippen LogP contribution is 2.31. The second-order valence-corrected chi connectivity index (χ2v) is 5.29. The number of aliphatic carboxylic acids is 1. The number of hydrogen-bond donors (Lipinski definition) is 1. The molecule has 98 valence electrons. The fourth-order valence-electron chi connectivity index (χ4n) is 3.25. The zero-order chi connectivity index (χ0) is 12.4. The first-order chi connectivity index (χ1) is 8.13. The molecule has 0 aliphatic carbocycles. The molecule has 4 heteroatoms. The van der Waals surface area contributed by atoms with Crippen LogP contribution in [0.1, 0.15) is 39.5 Å². The van der Waals surface area contributed by atoms with Crippen molar-refractivity contribution in [2.75, 3.05) is 13.2 Å². The van der Waals surface area contributed by atoms with Crippen molar-refractivity contribution in [1.29, 1.82) is 0 Å². The maximum absolute atomic E-state index is 11.1. The topological polar surface area (TPSA) is 49.8 Å². The van der Waals surface area contributed by atoms with Gasteiger partial charge in [0.25, 0.3) is 0 Å². The number of carbonyl (C=O) groups is 1. The molecule has 0 amide bonds. The summed E-state index contributed by atoms with van der Waals surface area (Å²) >= 11 is 0. The van der Waals surface area contributed by atoms with Gasteiger partial charge in [0.2, 0.25) is 0 Å². The van der Waals surface area contributed by atoms with E-state index in [2.05, 4.69) is 18.7 Å². The monoisotopic (exact) mass is 241 g/mol. The van der Waals surface area contributed by atoms with Gasteiger partial charge >= 0.3 is 5.97 Å². The summed E-state index contributed by atoms with van der Waals surface area (Å²) in [7, 11) is 0. The lowest BCUT2D eigenvalue weighted by Gasteiger charge is -2.37. The summed E-state index contributed by atoms with van der Waals surface area (Å²) in [6.07, 6.45) is 4.33. The third kappa shape index (κ3) is 2.63. The number of nitrogens with zero attached hydrogens (tertiary/aromatic N) is 1. The molecule has 0 saturated carbocycles. The van der Waals surface area contributed by atoms with Crippen LogP contribution in [0.15, 0.2) is 0 Å². The lowest BCUT2D eigenvalue weighted by atomic mass is 9.97. The normalized spacial score (nSPS) is 39.4. The van der Waals surface area contributed by atoms with Gasteiger partial charge in [-0.1, -0.05) is 6.92 Å². The van der Waals surface area contributed by atoms with E-state index in [0.29, 0.717) is 12.1 Å². The molecule has 4 unspecified atom stereocenters. The van der Waals surface area contributed by atoms with Gasteiger partial charge in [0.15, 0.2) is 0 Å². The highest BCUT2D eigenvalue weighted by atomic mass is 16.5. The first kappa shape index (κ1) is 12.8. The Kier molecular flexibility index (Phi) is 4.05. The summed E-state index contributed by atoms with van der Waals surface area (Å²) < 4.78 is 5.68. The first-order valence-corrected chi connectivity index (χ1v) is 6.73. The Balaban J connectivity index is 1.96. The van der Waals surface area contributed by atoms with Gasteiger partial charge in [-0.05, 0) is 39.2 Å². The quantitative estimate of drug-likeness (QED) is 0.817. The van der Waals surface area contributed by atoms with Gasteiger partial charge in [0.1, 0.15) is 0 Å². The van der Waals surface area contributed by atoms with Gasteiger partial charge in [-0.25, -0.2) is 0 Å². The molecule has 1 N–H and O–H groups in total. The van der Waals surface area contributed by atoms with Crippen molar-refractivity contribution in [1.82, 2.24) is 4.90 Å². The molecular weight excluding hydrogens is 218 g/mol. The van der Waals surface area contributed by atoms with Crippen LogP contribution < -0.4 is 0 Å². The maximum Gasteiger partial charge on any atom is 0.308 e. The molecule has 0 aromatic heterocycles. The molecule has 4 atom stereocenters. The Morgan fingerprint density at radius 1 is 1.47 bits per heavy atom. The summed E-state index contributed by atoms with van der Waals surface area (Å²) in [6, 6.07) is 0.696.